The molecule has 2 N–H and O–H groups in total. The van der Waals surface area contributed by atoms with Crippen molar-refractivity contribution < 1.29 is 9.84 Å². The van der Waals surface area contributed by atoms with Gasteiger partial charge in [-0.25, -0.2) is 0 Å². The summed E-state index contributed by atoms with van der Waals surface area (Å²) in [7, 11) is 1.89. The number of hydrogen-bond donors (Lipinski definition) is 2. The summed E-state index contributed by atoms with van der Waals surface area (Å²) in [6.07, 6.45) is 1.92. The van der Waals surface area contributed by atoms with E-state index in [4.69, 9.17) is 10.4 Å². The maximum atomic E-state index is 8.86. The lowest BCUT2D eigenvalue weighted by Crippen LogP contribution is -2.32. The van der Waals surface area contributed by atoms with Gasteiger partial charge in [0.2, 0.25) is 0 Å². The van der Waals surface area contributed by atoms with Gasteiger partial charge in [-0.05, 0) is 26.3 Å². The van der Waals surface area contributed by atoms with Crippen LogP contribution in [0.2, 0.25) is 0 Å². The maximum absolute atomic E-state index is 8.86. The first-order valence-corrected chi connectivity index (χ1v) is 4.48. The first-order chi connectivity index (χ1) is 6.15. The zero-order valence-electron chi connectivity index (χ0n) is 8.45. The van der Waals surface area contributed by atoms with Gasteiger partial charge in [0.15, 0.2) is 0 Å². The molecule has 0 amide bonds. The van der Waals surface area contributed by atoms with Gasteiger partial charge in [-0.3, -0.25) is 0 Å². The molecule has 0 heterocycles. The van der Waals surface area contributed by atoms with Crippen molar-refractivity contribution in [2.45, 2.75) is 32.4 Å². The van der Waals surface area contributed by atoms with Gasteiger partial charge in [-0.2, -0.15) is 5.26 Å². The summed E-state index contributed by atoms with van der Waals surface area (Å²) < 4.78 is 4.68. The Bertz CT molecular complexity index is 167. The summed E-state index contributed by atoms with van der Waals surface area (Å²) in [5.41, 5.74) is 0. The lowest BCUT2D eigenvalue weighted by Gasteiger charge is -2.22. The van der Waals surface area contributed by atoms with E-state index >= 15 is 0 Å². The number of nitriles is 1. The Balaban J connectivity index is 3.86. The van der Waals surface area contributed by atoms with Crippen LogP contribution in [0.25, 0.3) is 0 Å². The first-order valence-electron chi connectivity index (χ1n) is 4.48. The molecule has 0 aromatic rings. The van der Waals surface area contributed by atoms with Crippen molar-refractivity contribution in [2.24, 2.45) is 5.92 Å². The topological polar surface area (TPSA) is 65.3 Å². The van der Waals surface area contributed by atoms with Crippen LogP contribution >= 0.6 is 0 Å². The van der Waals surface area contributed by atoms with E-state index in [0.717, 1.165) is 0 Å². The lowest BCUT2D eigenvalue weighted by molar-refractivity contribution is 0.0668. The first kappa shape index (κ1) is 12.2. The average Bonchev–Trinajstić information content (AvgIpc) is 2.15. The van der Waals surface area contributed by atoms with Crippen molar-refractivity contribution in [3.05, 3.63) is 0 Å². The zero-order valence-corrected chi connectivity index (χ0v) is 8.45. The summed E-state index contributed by atoms with van der Waals surface area (Å²) >= 11 is 0. The minimum Gasteiger partial charge on any atom is -0.422 e. The van der Waals surface area contributed by atoms with Gasteiger partial charge in [0.05, 0.1) is 6.61 Å². The Hall–Kier alpha value is -0.790. The van der Waals surface area contributed by atoms with Crippen LogP contribution in [0.3, 0.4) is 0 Å². The van der Waals surface area contributed by atoms with E-state index in [1.54, 1.807) is 6.26 Å². The molecule has 0 aliphatic carbocycles. The fourth-order valence-corrected chi connectivity index (χ4v) is 1.14. The minimum atomic E-state index is -0.365. The summed E-state index contributed by atoms with van der Waals surface area (Å²) in [5.74, 6) is 0.371. The Morgan fingerprint density at radius 1 is 1.54 bits per heavy atom. The molecule has 0 aromatic heterocycles. The number of nitrogens with one attached hydrogen (secondary N) is 1. The van der Waals surface area contributed by atoms with E-state index in [1.807, 2.05) is 7.05 Å². The van der Waals surface area contributed by atoms with E-state index in [-0.39, 0.29) is 12.7 Å². The molecule has 0 spiro atoms. The van der Waals surface area contributed by atoms with E-state index in [0.29, 0.717) is 18.4 Å². The second kappa shape index (κ2) is 6.70. The standard InChI is InChI=1S/C9H18N2O2/c1-7(8(2)11-3)4-9(5-12)13-6-10/h7-9,11-12H,4-5H2,1-3H3. The number of nitrogens with zero attached hydrogens (tertiary/aromatic N) is 1. The predicted octanol–water partition coefficient (Wildman–Crippen LogP) is 0.479. The maximum Gasteiger partial charge on any atom is 0.286 e. The molecule has 3 atom stereocenters. The molecule has 0 aromatic carbocycles. The van der Waals surface area contributed by atoms with Crippen LogP contribution in [0, 0.1) is 17.4 Å². The lowest BCUT2D eigenvalue weighted by atomic mass is 9.97. The number of rotatable bonds is 6. The third-order valence-corrected chi connectivity index (χ3v) is 2.37. The van der Waals surface area contributed by atoms with E-state index < -0.39 is 0 Å². The summed E-state index contributed by atoms with van der Waals surface area (Å²) in [5, 5.41) is 20.3. The van der Waals surface area contributed by atoms with Crippen LogP contribution in [-0.2, 0) is 4.74 Å². The van der Waals surface area contributed by atoms with Crippen LogP contribution in [0.4, 0.5) is 0 Å². The van der Waals surface area contributed by atoms with Gasteiger partial charge in [-0.1, -0.05) is 6.92 Å². The van der Waals surface area contributed by atoms with Gasteiger partial charge in [0, 0.05) is 6.04 Å². The molecule has 0 aliphatic heterocycles. The van der Waals surface area contributed by atoms with Gasteiger partial charge in [0.25, 0.3) is 6.26 Å². The van der Waals surface area contributed by atoms with Crippen LogP contribution < -0.4 is 5.32 Å². The van der Waals surface area contributed by atoms with Crippen molar-refractivity contribution in [3.63, 3.8) is 0 Å². The van der Waals surface area contributed by atoms with Gasteiger partial charge in [0.1, 0.15) is 6.10 Å². The molecule has 3 unspecified atom stereocenters. The molecular formula is C9H18N2O2. The van der Waals surface area contributed by atoms with Crippen molar-refractivity contribution in [1.29, 1.82) is 5.26 Å². The molecule has 0 rings (SSSR count). The highest BCUT2D eigenvalue weighted by Gasteiger charge is 2.17. The summed E-state index contributed by atoms with van der Waals surface area (Å²) in [6.45, 7) is 4.02. The quantitative estimate of drug-likeness (QED) is 0.592. The number of aliphatic hydroxyl groups is 1. The molecule has 0 aliphatic rings. The Morgan fingerprint density at radius 2 is 2.15 bits per heavy atom. The number of ether oxygens (including phenoxy) is 1. The summed E-state index contributed by atoms with van der Waals surface area (Å²) in [6, 6.07) is 0.358. The molecule has 0 fully saturated rings. The molecule has 0 radical (unpaired) electrons. The van der Waals surface area contributed by atoms with Crippen LogP contribution in [-0.4, -0.2) is 30.9 Å². The number of hydrogen-bond acceptors (Lipinski definition) is 4. The minimum absolute atomic E-state index is 0.103. The average molecular weight is 186 g/mol. The van der Waals surface area contributed by atoms with Gasteiger partial charge in [-0.15, -0.1) is 0 Å². The predicted molar refractivity (Wildman–Crippen MR) is 49.9 cm³/mol. The number of aliphatic hydroxyl groups excluding tert-OH is 1. The van der Waals surface area contributed by atoms with E-state index in [9.17, 15) is 0 Å². The highest BCUT2D eigenvalue weighted by molar-refractivity contribution is 4.72. The molecule has 0 saturated heterocycles. The molecule has 76 valence electrons. The van der Waals surface area contributed by atoms with Crippen molar-refractivity contribution in [3.8, 4) is 6.26 Å². The fraction of sp³-hybridized carbons (Fsp3) is 0.889. The Morgan fingerprint density at radius 3 is 2.54 bits per heavy atom. The van der Waals surface area contributed by atoms with Crippen LogP contribution in [0.1, 0.15) is 20.3 Å². The third kappa shape index (κ3) is 4.71. The van der Waals surface area contributed by atoms with Crippen LogP contribution in [0.5, 0.6) is 0 Å². The van der Waals surface area contributed by atoms with E-state index in [2.05, 4.69) is 23.9 Å². The molecule has 4 nitrogen and oxygen atoms in total. The van der Waals surface area contributed by atoms with Crippen molar-refractivity contribution in [1.82, 2.24) is 5.32 Å². The van der Waals surface area contributed by atoms with Crippen LogP contribution in [0.15, 0.2) is 0 Å². The fourth-order valence-electron chi connectivity index (χ4n) is 1.14. The SMILES string of the molecule is CNC(C)C(C)CC(CO)OC#N. The highest BCUT2D eigenvalue weighted by Crippen LogP contribution is 2.12. The van der Waals surface area contributed by atoms with Gasteiger partial charge < -0.3 is 15.2 Å². The van der Waals surface area contributed by atoms with E-state index in [1.165, 1.54) is 0 Å². The largest absolute Gasteiger partial charge is 0.422 e. The second-order valence-electron chi connectivity index (χ2n) is 3.30. The van der Waals surface area contributed by atoms with Crippen molar-refractivity contribution >= 4 is 0 Å². The highest BCUT2D eigenvalue weighted by atomic mass is 16.5. The second-order valence-corrected chi connectivity index (χ2v) is 3.30. The monoisotopic (exact) mass is 186 g/mol. The Kier molecular flexibility index (Phi) is 6.29. The summed E-state index contributed by atoms with van der Waals surface area (Å²) in [4.78, 5) is 0. The normalized spacial score (nSPS) is 17.2. The smallest absolute Gasteiger partial charge is 0.286 e. The van der Waals surface area contributed by atoms with Gasteiger partial charge >= 0.3 is 0 Å². The van der Waals surface area contributed by atoms with Crippen molar-refractivity contribution in [2.75, 3.05) is 13.7 Å². The zero-order chi connectivity index (χ0) is 10.3. The molecule has 0 bridgehead atoms. The molecular weight excluding hydrogens is 168 g/mol. The molecule has 13 heavy (non-hydrogen) atoms. The third-order valence-electron chi connectivity index (χ3n) is 2.37. The Labute approximate surface area is 79.5 Å². The molecule has 4 heteroatoms. The molecule has 0 saturated carbocycles.